The Morgan fingerprint density at radius 2 is 1.15 bits per heavy atom. The number of carbonyl (C=O) groups is 1. The fraction of sp³-hybridized carbons (Fsp3) is 0.941. The van der Waals surface area contributed by atoms with Gasteiger partial charge in [-0.3, -0.25) is 4.79 Å². The summed E-state index contributed by atoms with van der Waals surface area (Å²) in [7, 11) is 0. The van der Waals surface area contributed by atoms with Crippen LogP contribution >= 0.6 is 12.4 Å². The molecule has 0 aliphatic heterocycles. The minimum Gasteiger partial charge on any atom is -0.466 e. The summed E-state index contributed by atoms with van der Waals surface area (Å²) in [6, 6.07) is 0. The molecule has 0 aromatic carbocycles. The van der Waals surface area contributed by atoms with E-state index in [9.17, 15) is 4.79 Å². The Hall–Kier alpha value is -0.240. The van der Waals surface area contributed by atoms with Crippen molar-refractivity contribution in [2.24, 2.45) is 0 Å². The average Bonchev–Trinajstić information content (AvgIpc) is 2.41. The predicted molar refractivity (Wildman–Crippen MR) is 89.6 cm³/mol. The smallest absolute Gasteiger partial charge is 0.305 e. The molecule has 0 spiro atoms. The van der Waals surface area contributed by atoms with Crippen molar-refractivity contribution in [1.29, 1.82) is 0 Å². The molecule has 20 heavy (non-hydrogen) atoms. The van der Waals surface area contributed by atoms with Crippen molar-refractivity contribution < 1.29 is 9.53 Å². The van der Waals surface area contributed by atoms with Crippen molar-refractivity contribution >= 4 is 18.4 Å². The number of rotatable bonds is 14. The first-order valence-corrected chi connectivity index (χ1v) is 8.46. The lowest BCUT2D eigenvalue weighted by Crippen LogP contribution is -2.05. The maximum absolute atomic E-state index is 11.3. The van der Waals surface area contributed by atoms with Gasteiger partial charge in [0, 0.05) is 6.42 Å². The molecule has 0 saturated heterocycles. The molecule has 0 atom stereocenters. The highest BCUT2D eigenvalue weighted by molar-refractivity contribution is 5.85. The normalized spacial score (nSPS) is 10.1. The first-order valence-electron chi connectivity index (χ1n) is 8.46. The lowest BCUT2D eigenvalue weighted by molar-refractivity contribution is -0.143. The molecule has 0 aliphatic carbocycles. The van der Waals surface area contributed by atoms with Crippen LogP contribution in [0.25, 0.3) is 0 Å². The molecular formula is C17H35ClO2. The van der Waals surface area contributed by atoms with E-state index in [1.54, 1.807) is 0 Å². The van der Waals surface area contributed by atoms with Gasteiger partial charge in [0.1, 0.15) is 0 Å². The molecule has 0 aliphatic rings. The molecule has 0 bridgehead atoms. The van der Waals surface area contributed by atoms with E-state index in [2.05, 4.69) is 13.8 Å². The van der Waals surface area contributed by atoms with Crippen molar-refractivity contribution in [2.75, 3.05) is 6.61 Å². The van der Waals surface area contributed by atoms with Crippen molar-refractivity contribution in [1.82, 2.24) is 0 Å². The van der Waals surface area contributed by atoms with E-state index in [4.69, 9.17) is 4.74 Å². The zero-order chi connectivity index (χ0) is 14.2. The van der Waals surface area contributed by atoms with Crippen molar-refractivity contribution in [3.63, 3.8) is 0 Å². The van der Waals surface area contributed by atoms with Gasteiger partial charge in [0.25, 0.3) is 0 Å². The first-order chi connectivity index (χ1) is 9.31. The Balaban J connectivity index is 0. The third-order valence-corrected chi connectivity index (χ3v) is 3.50. The molecule has 0 heterocycles. The van der Waals surface area contributed by atoms with Crippen LogP contribution in [-0.4, -0.2) is 12.6 Å². The van der Waals surface area contributed by atoms with Gasteiger partial charge in [-0.1, -0.05) is 78.1 Å². The number of hydrogen-bond acceptors (Lipinski definition) is 2. The second kappa shape index (κ2) is 18.8. The third-order valence-electron chi connectivity index (χ3n) is 3.50. The lowest BCUT2D eigenvalue weighted by atomic mass is 10.1. The maximum atomic E-state index is 11.3. The molecule has 122 valence electrons. The van der Waals surface area contributed by atoms with Crippen LogP contribution in [0, 0.1) is 0 Å². The second-order valence-corrected chi connectivity index (χ2v) is 5.51. The summed E-state index contributed by atoms with van der Waals surface area (Å²) in [4.78, 5) is 11.3. The minimum absolute atomic E-state index is 0. The van der Waals surface area contributed by atoms with Crippen LogP contribution in [0.15, 0.2) is 0 Å². The molecule has 0 N–H and O–H groups in total. The number of ether oxygens (including phenoxy) is 1. The van der Waals surface area contributed by atoms with Gasteiger partial charge in [-0.2, -0.15) is 0 Å². The highest BCUT2D eigenvalue weighted by Crippen LogP contribution is 2.09. The maximum Gasteiger partial charge on any atom is 0.305 e. The SMILES string of the molecule is CCCCCCCCCCCOC(=O)CCCCC.Cl. The van der Waals surface area contributed by atoms with Gasteiger partial charge in [0.2, 0.25) is 0 Å². The number of halogens is 1. The van der Waals surface area contributed by atoms with Gasteiger partial charge in [0.15, 0.2) is 0 Å². The molecule has 0 rings (SSSR count). The summed E-state index contributed by atoms with van der Waals surface area (Å²) in [6.07, 6.45) is 15.6. The van der Waals surface area contributed by atoms with E-state index < -0.39 is 0 Å². The average molecular weight is 307 g/mol. The van der Waals surface area contributed by atoms with E-state index in [0.717, 1.165) is 25.7 Å². The second-order valence-electron chi connectivity index (χ2n) is 5.51. The molecular weight excluding hydrogens is 272 g/mol. The fourth-order valence-electron chi connectivity index (χ4n) is 2.19. The van der Waals surface area contributed by atoms with Crippen molar-refractivity contribution in [2.45, 2.75) is 97.3 Å². The summed E-state index contributed by atoms with van der Waals surface area (Å²) in [6.45, 7) is 5.03. The summed E-state index contributed by atoms with van der Waals surface area (Å²) >= 11 is 0. The lowest BCUT2D eigenvalue weighted by Gasteiger charge is -2.05. The third kappa shape index (κ3) is 17.8. The molecule has 0 saturated carbocycles. The largest absolute Gasteiger partial charge is 0.466 e. The van der Waals surface area contributed by atoms with E-state index in [-0.39, 0.29) is 18.4 Å². The van der Waals surface area contributed by atoms with Gasteiger partial charge in [-0.05, 0) is 12.8 Å². The summed E-state index contributed by atoms with van der Waals surface area (Å²) in [5.41, 5.74) is 0. The zero-order valence-electron chi connectivity index (χ0n) is 13.6. The molecule has 3 heteroatoms. The topological polar surface area (TPSA) is 26.3 Å². The zero-order valence-corrected chi connectivity index (χ0v) is 14.4. The molecule has 0 aromatic rings. The monoisotopic (exact) mass is 306 g/mol. The molecule has 0 aromatic heterocycles. The number of hydrogen-bond donors (Lipinski definition) is 0. The van der Waals surface area contributed by atoms with Crippen LogP contribution in [-0.2, 0) is 9.53 Å². The van der Waals surface area contributed by atoms with Gasteiger partial charge < -0.3 is 4.74 Å². The summed E-state index contributed by atoms with van der Waals surface area (Å²) in [5.74, 6) is -0.00647. The fourth-order valence-corrected chi connectivity index (χ4v) is 2.19. The number of unbranched alkanes of at least 4 members (excludes halogenated alkanes) is 10. The first kappa shape index (κ1) is 22.0. The van der Waals surface area contributed by atoms with E-state index >= 15 is 0 Å². The standard InChI is InChI=1S/C17H34O2.ClH/c1-3-5-7-8-9-10-11-12-14-16-19-17(18)15-13-6-4-2;/h3-16H2,1-2H3;1H. The van der Waals surface area contributed by atoms with E-state index in [0.29, 0.717) is 13.0 Å². The molecule has 0 fully saturated rings. The Bertz CT molecular complexity index is 195. The van der Waals surface area contributed by atoms with E-state index in [1.807, 2.05) is 0 Å². The van der Waals surface area contributed by atoms with Gasteiger partial charge in [-0.15, -0.1) is 12.4 Å². The Morgan fingerprint density at radius 1 is 0.700 bits per heavy atom. The highest BCUT2D eigenvalue weighted by atomic mass is 35.5. The van der Waals surface area contributed by atoms with Gasteiger partial charge >= 0.3 is 5.97 Å². The van der Waals surface area contributed by atoms with Crippen LogP contribution < -0.4 is 0 Å². The van der Waals surface area contributed by atoms with Crippen LogP contribution in [0.4, 0.5) is 0 Å². The summed E-state index contributed by atoms with van der Waals surface area (Å²) < 4.78 is 5.21. The van der Waals surface area contributed by atoms with Crippen LogP contribution in [0.1, 0.15) is 97.3 Å². The highest BCUT2D eigenvalue weighted by Gasteiger charge is 2.01. The van der Waals surface area contributed by atoms with E-state index in [1.165, 1.54) is 51.4 Å². The summed E-state index contributed by atoms with van der Waals surface area (Å²) in [5, 5.41) is 0. The molecule has 2 nitrogen and oxygen atoms in total. The van der Waals surface area contributed by atoms with Crippen molar-refractivity contribution in [3.8, 4) is 0 Å². The van der Waals surface area contributed by atoms with Crippen LogP contribution in [0.3, 0.4) is 0 Å². The molecule has 0 radical (unpaired) electrons. The van der Waals surface area contributed by atoms with Crippen molar-refractivity contribution in [3.05, 3.63) is 0 Å². The van der Waals surface area contributed by atoms with Gasteiger partial charge in [-0.25, -0.2) is 0 Å². The molecule has 0 unspecified atom stereocenters. The van der Waals surface area contributed by atoms with Crippen LogP contribution in [0.2, 0.25) is 0 Å². The Kier molecular flexibility index (Phi) is 20.7. The predicted octanol–water partition coefficient (Wildman–Crippen LogP) is 6.06. The number of esters is 1. The molecule has 0 amide bonds. The minimum atomic E-state index is -0.00647. The quantitative estimate of drug-likeness (QED) is 0.288. The Labute approximate surface area is 132 Å². The number of carbonyl (C=O) groups excluding carboxylic acids is 1. The van der Waals surface area contributed by atoms with Crippen LogP contribution in [0.5, 0.6) is 0 Å². The Morgan fingerprint density at radius 3 is 1.70 bits per heavy atom. The van der Waals surface area contributed by atoms with Gasteiger partial charge in [0.05, 0.1) is 6.61 Å².